The molecule has 0 aliphatic heterocycles. The fraction of sp³-hybridized carbons (Fsp3) is 0.500. The van der Waals surface area contributed by atoms with Gasteiger partial charge in [-0.25, -0.2) is 9.61 Å². The molecule has 0 bridgehead atoms. The molecule has 0 amide bonds. The fourth-order valence-electron chi connectivity index (χ4n) is 1.75. The zero-order chi connectivity index (χ0) is 16.2. The maximum atomic E-state index is 11.4. The Hall–Kier alpha value is -1.78. The molecule has 2 rings (SSSR count). The van der Waals surface area contributed by atoms with Gasteiger partial charge in [-0.05, 0) is 0 Å². The minimum atomic E-state index is -3.79. The van der Waals surface area contributed by atoms with Crippen molar-refractivity contribution in [1.82, 2.24) is 25.0 Å². The largest absolute Gasteiger partial charge is 0.479 e. The Balaban J connectivity index is 2.01. The van der Waals surface area contributed by atoms with Crippen LogP contribution in [0.1, 0.15) is 0 Å². The highest BCUT2D eigenvalue weighted by Gasteiger charge is 2.19. The van der Waals surface area contributed by atoms with E-state index >= 15 is 0 Å². The molecule has 0 saturated carbocycles. The third-order valence-electron chi connectivity index (χ3n) is 2.61. The van der Waals surface area contributed by atoms with Crippen molar-refractivity contribution >= 4 is 24.7 Å². The van der Waals surface area contributed by atoms with Gasteiger partial charge in [0.25, 0.3) is 0 Å². The number of methoxy groups -OCH3 is 1. The van der Waals surface area contributed by atoms with E-state index in [1.165, 1.54) is 20.5 Å². The third kappa shape index (κ3) is 3.90. The standard InChI is InChI=1S/C10H17N6O5P/c1-12-21-22(17,18)6-20-4-3-16-5-13-7-8(16)14-10(11)15-9(7)19-2/h5,12H,3-4,6H2,1-2H3,(H,17,18)(H2,11,14,15). The summed E-state index contributed by atoms with van der Waals surface area (Å²) in [4.78, 5) is 21.5. The molecule has 2 heterocycles. The molecule has 1 unspecified atom stereocenters. The first-order valence-corrected chi connectivity index (χ1v) is 8.00. The van der Waals surface area contributed by atoms with Crippen LogP contribution in [-0.2, 0) is 20.5 Å². The molecule has 4 N–H and O–H groups in total. The first-order valence-electron chi connectivity index (χ1n) is 6.24. The lowest BCUT2D eigenvalue weighted by atomic mass is 10.5. The van der Waals surface area contributed by atoms with Gasteiger partial charge in [-0.15, -0.1) is 0 Å². The molecule has 2 aromatic heterocycles. The van der Waals surface area contributed by atoms with Gasteiger partial charge in [0.1, 0.15) is 6.35 Å². The fourth-order valence-corrected chi connectivity index (χ4v) is 2.45. The third-order valence-corrected chi connectivity index (χ3v) is 3.58. The van der Waals surface area contributed by atoms with Gasteiger partial charge in [0.15, 0.2) is 11.2 Å². The molecule has 122 valence electrons. The Morgan fingerprint density at radius 1 is 1.50 bits per heavy atom. The van der Waals surface area contributed by atoms with Gasteiger partial charge in [0, 0.05) is 13.6 Å². The Morgan fingerprint density at radius 2 is 2.27 bits per heavy atom. The average molecular weight is 332 g/mol. The topological polar surface area (TPSA) is 147 Å². The normalized spacial score (nSPS) is 14.1. The lowest BCUT2D eigenvalue weighted by Gasteiger charge is -2.11. The van der Waals surface area contributed by atoms with Crippen molar-refractivity contribution in [3.63, 3.8) is 0 Å². The summed E-state index contributed by atoms with van der Waals surface area (Å²) in [5.74, 6) is 0.346. The quantitative estimate of drug-likeness (QED) is 0.335. The molecule has 0 aliphatic carbocycles. The van der Waals surface area contributed by atoms with Crippen molar-refractivity contribution in [2.45, 2.75) is 6.54 Å². The average Bonchev–Trinajstić information content (AvgIpc) is 2.85. The second-order valence-electron chi connectivity index (χ2n) is 4.17. The number of ether oxygens (including phenoxy) is 2. The lowest BCUT2D eigenvalue weighted by molar-refractivity contribution is 0.120. The van der Waals surface area contributed by atoms with Gasteiger partial charge >= 0.3 is 7.60 Å². The van der Waals surface area contributed by atoms with Crippen molar-refractivity contribution < 1.29 is 23.6 Å². The van der Waals surface area contributed by atoms with E-state index in [2.05, 4.69) is 25.1 Å². The van der Waals surface area contributed by atoms with Crippen molar-refractivity contribution in [1.29, 1.82) is 0 Å². The van der Waals surface area contributed by atoms with Crippen LogP contribution in [0.3, 0.4) is 0 Å². The van der Waals surface area contributed by atoms with Crippen LogP contribution in [0.2, 0.25) is 0 Å². The second kappa shape index (κ2) is 6.99. The lowest BCUT2D eigenvalue weighted by Crippen LogP contribution is -2.11. The first kappa shape index (κ1) is 16.6. The van der Waals surface area contributed by atoms with Gasteiger partial charge in [0.05, 0.1) is 20.0 Å². The minimum absolute atomic E-state index is 0.0642. The van der Waals surface area contributed by atoms with Crippen LogP contribution >= 0.6 is 7.60 Å². The number of nitrogens with two attached hydrogens (primary N) is 1. The van der Waals surface area contributed by atoms with Crippen molar-refractivity contribution in [2.75, 3.05) is 32.8 Å². The van der Waals surface area contributed by atoms with Crippen LogP contribution in [0, 0.1) is 0 Å². The zero-order valence-electron chi connectivity index (χ0n) is 12.1. The summed E-state index contributed by atoms with van der Waals surface area (Å²) in [6, 6.07) is 0. The number of imidazole rings is 1. The van der Waals surface area contributed by atoms with Gasteiger partial charge in [-0.1, -0.05) is 0 Å². The number of nitrogens with zero attached hydrogens (tertiary/aromatic N) is 4. The zero-order valence-corrected chi connectivity index (χ0v) is 13.0. The highest BCUT2D eigenvalue weighted by atomic mass is 31.2. The number of anilines is 1. The molecule has 12 heteroatoms. The van der Waals surface area contributed by atoms with E-state index in [0.29, 0.717) is 17.7 Å². The highest BCUT2D eigenvalue weighted by Crippen LogP contribution is 2.39. The summed E-state index contributed by atoms with van der Waals surface area (Å²) in [6.07, 6.45) is 1.11. The molecule has 0 spiro atoms. The summed E-state index contributed by atoms with van der Waals surface area (Å²) in [7, 11) is -0.942. The molecule has 11 nitrogen and oxygen atoms in total. The number of aromatic nitrogens is 4. The number of hydrogen-bond donors (Lipinski definition) is 3. The Morgan fingerprint density at radius 3 is 2.95 bits per heavy atom. The highest BCUT2D eigenvalue weighted by molar-refractivity contribution is 7.52. The Kier molecular flexibility index (Phi) is 5.27. The van der Waals surface area contributed by atoms with E-state index in [1.54, 1.807) is 4.57 Å². The van der Waals surface area contributed by atoms with Gasteiger partial charge < -0.3 is 24.7 Å². The summed E-state index contributed by atoms with van der Waals surface area (Å²) in [6.45, 7) is 0.519. The number of hydrogen-bond acceptors (Lipinski definition) is 9. The molecular formula is C10H17N6O5P. The Bertz CT molecular complexity index is 692. The van der Waals surface area contributed by atoms with Gasteiger partial charge in [0.2, 0.25) is 11.8 Å². The summed E-state index contributed by atoms with van der Waals surface area (Å²) in [5, 5.41) is 0. The molecule has 0 saturated heterocycles. The monoisotopic (exact) mass is 332 g/mol. The van der Waals surface area contributed by atoms with Crippen LogP contribution in [0.25, 0.3) is 11.2 Å². The Labute approximate surface area is 125 Å². The van der Waals surface area contributed by atoms with Crippen LogP contribution in [-0.4, -0.2) is 51.5 Å². The van der Waals surface area contributed by atoms with Crippen molar-refractivity contribution in [2.24, 2.45) is 0 Å². The van der Waals surface area contributed by atoms with E-state index in [-0.39, 0.29) is 18.4 Å². The van der Waals surface area contributed by atoms with Crippen LogP contribution < -0.4 is 16.0 Å². The maximum absolute atomic E-state index is 11.4. The second-order valence-corrected chi connectivity index (χ2v) is 5.89. The van der Waals surface area contributed by atoms with Crippen molar-refractivity contribution in [3.8, 4) is 5.88 Å². The van der Waals surface area contributed by atoms with Gasteiger partial charge in [-0.2, -0.15) is 15.4 Å². The van der Waals surface area contributed by atoms with E-state index in [0.717, 1.165) is 0 Å². The van der Waals surface area contributed by atoms with E-state index < -0.39 is 13.9 Å². The molecule has 2 aromatic rings. The molecule has 0 radical (unpaired) electrons. The molecule has 0 aromatic carbocycles. The molecule has 0 aliphatic rings. The SMILES string of the molecule is CNOP(=O)(O)COCCn1cnc2c(OC)nc(N)nc21. The number of hydroxylamine groups is 1. The van der Waals surface area contributed by atoms with Gasteiger partial charge in [-0.3, -0.25) is 4.57 Å². The predicted octanol–water partition coefficient (Wildman–Crippen LogP) is -0.272. The van der Waals surface area contributed by atoms with E-state index in [9.17, 15) is 9.46 Å². The number of nitrogens with one attached hydrogen (secondary N) is 1. The van der Waals surface area contributed by atoms with Crippen LogP contribution in [0.4, 0.5) is 5.95 Å². The number of nitrogen functional groups attached to an aromatic ring is 1. The summed E-state index contributed by atoms with van der Waals surface area (Å²) < 4.78 is 27.7. The molecular weight excluding hydrogens is 315 g/mol. The smallest absolute Gasteiger partial charge is 0.369 e. The number of fused-ring (bicyclic) bond motifs is 1. The first-order chi connectivity index (χ1) is 10.5. The van der Waals surface area contributed by atoms with Crippen LogP contribution in [0.15, 0.2) is 6.33 Å². The summed E-state index contributed by atoms with van der Waals surface area (Å²) in [5.41, 5.74) is 8.73. The number of rotatable bonds is 8. The maximum Gasteiger partial charge on any atom is 0.369 e. The minimum Gasteiger partial charge on any atom is -0.479 e. The van der Waals surface area contributed by atoms with Crippen molar-refractivity contribution in [3.05, 3.63) is 6.33 Å². The predicted molar refractivity (Wildman–Crippen MR) is 77.1 cm³/mol. The van der Waals surface area contributed by atoms with E-state index in [4.69, 9.17) is 15.2 Å². The van der Waals surface area contributed by atoms with E-state index in [1.807, 2.05) is 0 Å². The molecule has 0 fully saturated rings. The van der Waals surface area contributed by atoms with Crippen LogP contribution in [0.5, 0.6) is 5.88 Å². The molecule has 1 atom stereocenters. The summed E-state index contributed by atoms with van der Waals surface area (Å²) >= 11 is 0. The molecule has 22 heavy (non-hydrogen) atoms.